The summed E-state index contributed by atoms with van der Waals surface area (Å²) in [6.07, 6.45) is 4.23. The van der Waals surface area contributed by atoms with Crippen molar-refractivity contribution in [3.05, 3.63) is 29.3 Å². The summed E-state index contributed by atoms with van der Waals surface area (Å²) in [5, 5.41) is 0.674. The third-order valence-electron chi connectivity index (χ3n) is 3.95. The van der Waals surface area contributed by atoms with Crippen LogP contribution in [0.5, 0.6) is 0 Å². The normalized spacial score (nSPS) is 17.0. The van der Waals surface area contributed by atoms with Gasteiger partial charge in [0.2, 0.25) is 10.0 Å². The summed E-state index contributed by atoms with van der Waals surface area (Å²) in [6, 6.07) is 5.73. The van der Waals surface area contributed by atoms with Crippen molar-refractivity contribution in [1.82, 2.24) is 4.31 Å². The van der Waals surface area contributed by atoms with E-state index in [0.29, 0.717) is 16.8 Å². The smallest absolute Gasteiger partial charge is 0.207 e. The van der Waals surface area contributed by atoms with E-state index < -0.39 is 10.0 Å². The summed E-state index contributed by atoms with van der Waals surface area (Å²) in [6.45, 7) is 4.40. The van der Waals surface area contributed by atoms with E-state index in [9.17, 15) is 8.42 Å². The molecule has 1 aliphatic rings. The minimum absolute atomic E-state index is 0.165. The molecule has 2 rings (SSSR count). The lowest BCUT2D eigenvalue weighted by molar-refractivity contribution is 0.338. The van der Waals surface area contributed by atoms with Crippen LogP contribution in [-0.2, 0) is 10.0 Å². The second-order valence-corrected chi connectivity index (χ2v) is 8.16. The van der Waals surface area contributed by atoms with E-state index in [0.717, 1.165) is 36.8 Å². The molecule has 0 atom stereocenters. The van der Waals surface area contributed by atoms with Crippen molar-refractivity contribution in [3.8, 4) is 0 Å². The van der Waals surface area contributed by atoms with Crippen LogP contribution in [0.25, 0.3) is 0 Å². The number of rotatable bonds is 5. The van der Waals surface area contributed by atoms with E-state index in [1.165, 1.54) is 0 Å². The number of hydrogen-bond acceptors (Lipinski definition) is 2. The molecule has 112 valence electrons. The number of sulfonamides is 1. The summed E-state index contributed by atoms with van der Waals surface area (Å²) in [5.41, 5.74) is 1.93. The van der Waals surface area contributed by atoms with Gasteiger partial charge in [-0.05, 0) is 38.3 Å². The van der Waals surface area contributed by atoms with Crippen molar-refractivity contribution in [2.24, 2.45) is 0 Å². The maximum Gasteiger partial charge on any atom is 0.243 e. The maximum atomic E-state index is 12.9. The molecule has 0 bridgehead atoms. The number of benzene rings is 1. The van der Waals surface area contributed by atoms with Crippen LogP contribution in [0.2, 0.25) is 0 Å². The third-order valence-corrected chi connectivity index (χ3v) is 6.42. The Morgan fingerprint density at radius 1 is 1.25 bits per heavy atom. The fraction of sp³-hybridized carbons (Fsp3) is 0.600. The highest BCUT2D eigenvalue weighted by Gasteiger charge is 2.33. The lowest BCUT2D eigenvalue weighted by Crippen LogP contribution is -2.40. The third kappa shape index (κ3) is 3.26. The summed E-state index contributed by atoms with van der Waals surface area (Å²) in [7, 11) is -3.39. The Morgan fingerprint density at radius 2 is 1.90 bits per heavy atom. The Balaban J connectivity index is 2.39. The first-order valence-corrected chi connectivity index (χ1v) is 9.68. The molecule has 0 aromatic heterocycles. The molecule has 0 radical (unpaired) electrons. The lowest BCUT2D eigenvalue weighted by atomic mass is 10.2. The van der Waals surface area contributed by atoms with Crippen molar-refractivity contribution in [1.29, 1.82) is 0 Å². The van der Waals surface area contributed by atoms with E-state index in [2.05, 4.69) is 15.9 Å². The summed E-state index contributed by atoms with van der Waals surface area (Å²) in [4.78, 5) is 0.455. The van der Waals surface area contributed by atoms with Gasteiger partial charge >= 0.3 is 0 Å². The van der Waals surface area contributed by atoms with E-state index in [4.69, 9.17) is 0 Å². The summed E-state index contributed by atoms with van der Waals surface area (Å²) < 4.78 is 27.6. The zero-order valence-electron chi connectivity index (χ0n) is 12.1. The molecule has 0 N–H and O–H groups in total. The van der Waals surface area contributed by atoms with Gasteiger partial charge in [-0.25, -0.2) is 8.42 Å². The summed E-state index contributed by atoms with van der Waals surface area (Å²) in [5.74, 6) is 0. The Bertz CT molecular complexity index is 565. The highest BCUT2D eigenvalue weighted by molar-refractivity contribution is 9.09. The SMILES string of the molecule is Cc1ccc(S(=O)(=O)N(CCBr)C2CCCC2)c(C)c1. The van der Waals surface area contributed by atoms with Gasteiger partial charge in [-0.1, -0.05) is 46.5 Å². The fourth-order valence-electron chi connectivity index (χ4n) is 2.99. The molecule has 0 saturated heterocycles. The predicted molar refractivity (Wildman–Crippen MR) is 85.9 cm³/mol. The van der Waals surface area contributed by atoms with Crippen molar-refractivity contribution < 1.29 is 8.42 Å². The van der Waals surface area contributed by atoms with Gasteiger partial charge in [-0.2, -0.15) is 4.31 Å². The molecule has 5 heteroatoms. The molecule has 20 heavy (non-hydrogen) atoms. The molecule has 3 nitrogen and oxygen atoms in total. The van der Waals surface area contributed by atoms with Gasteiger partial charge in [-0.3, -0.25) is 0 Å². The van der Waals surface area contributed by atoms with Gasteiger partial charge in [0.05, 0.1) is 4.90 Å². The van der Waals surface area contributed by atoms with Crippen molar-refractivity contribution in [2.75, 3.05) is 11.9 Å². The average Bonchev–Trinajstić information content (AvgIpc) is 2.88. The van der Waals surface area contributed by atoms with Gasteiger partial charge < -0.3 is 0 Å². The topological polar surface area (TPSA) is 37.4 Å². The number of alkyl halides is 1. The molecule has 1 fully saturated rings. The number of halogens is 1. The monoisotopic (exact) mass is 359 g/mol. The average molecular weight is 360 g/mol. The van der Waals surface area contributed by atoms with E-state index >= 15 is 0 Å². The highest BCUT2D eigenvalue weighted by atomic mass is 79.9. The van der Waals surface area contributed by atoms with E-state index in [-0.39, 0.29) is 6.04 Å². The predicted octanol–water partition coefficient (Wildman–Crippen LogP) is 3.63. The number of hydrogen-bond donors (Lipinski definition) is 0. The molecule has 1 aliphatic carbocycles. The zero-order valence-corrected chi connectivity index (χ0v) is 14.5. The lowest BCUT2D eigenvalue weighted by Gasteiger charge is -2.28. The Kier molecular flexibility index (Phi) is 5.26. The fourth-order valence-corrected chi connectivity index (χ4v) is 5.50. The van der Waals surface area contributed by atoms with Gasteiger partial charge in [0.1, 0.15) is 0 Å². The van der Waals surface area contributed by atoms with Crippen LogP contribution < -0.4 is 0 Å². The molecule has 0 unspecified atom stereocenters. The van der Waals surface area contributed by atoms with Crippen LogP contribution in [0, 0.1) is 13.8 Å². The van der Waals surface area contributed by atoms with Crippen molar-refractivity contribution in [2.45, 2.75) is 50.5 Å². The van der Waals surface area contributed by atoms with Crippen molar-refractivity contribution in [3.63, 3.8) is 0 Å². The molecule has 0 spiro atoms. The Labute approximate surface area is 130 Å². The van der Waals surface area contributed by atoms with Gasteiger partial charge in [0.25, 0.3) is 0 Å². The Hall–Kier alpha value is -0.390. The minimum Gasteiger partial charge on any atom is -0.207 e. The van der Waals surface area contributed by atoms with Crippen LogP contribution in [0.4, 0.5) is 0 Å². The van der Waals surface area contributed by atoms with Gasteiger partial charge in [0.15, 0.2) is 0 Å². The summed E-state index contributed by atoms with van der Waals surface area (Å²) >= 11 is 3.39. The van der Waals surface area contributed by atoms with Gasteiger partial charge in [-0.15, -0.1) is 0 Å². The Morgan fingerprint density at radius 3 is 2.45 bits per heavy atom. The first kappa shape index (κ1) is 16.0. The van der Waals surface area contributed by atoms with Crippen molar-refractivity contribution >= 4 is 26.0 Å². The second-order valence-electron chi connectivity index (χ2n) is 5.51. The molecule has 0 aliphatic heterocycles. The van der Waals surface area contributed by atoms with Crippen LogP contribution >= 0.6 is 15.9 Å². The van der Waals surface area contributed by atoms with Gasteiger partial charge in [0, 0.05) is 17.9 Å². The molecule has 0 heterocycles. The number of nitrogens with zero attached hydrogens (tertiary/aromatic N) is 1. The standard InChI is InChI=1S/C15H22BrNO2S/c1-12-7-8-15(13(2)11-12)20(18,19)17(10-9-16)14-5-3-4-6-14/h7-8,11,14H,3-6,9-10H2,1-2H3. The van der Waals surface area contributed by atoms with Crippen LogP contribution in [0.1, 0.15) is 36.8 Å². The van der Waals surface area contributed by atoms with Crippen LogP contribution in [0.3, 0.4) is 0 Å². The minimum atomic E-state index is -3.39. The second kappa shape index (κ2) is 6.58. The van der Waals surface area contributed by atoms with Crippen LogP contribution in [-0.4, -0.2) is 30.6 Å². The maximum absolute atomic E-state index is 12.9. The first-order chi connectivity index (χ1) is 9.46. The van der Waals surface area contributed by atoms with E-state index in [1.54, 1.807) is 10.4 Å². The quantitative estimate of drug-likeness (QED) is 0.752. The van der Waals surface area contributed by atoms with Crippen LogP contribution in [0.15, 0.2) is 23.1 Å². The molecule has 1 saturated carbocycles. The van der Waals surface area contributed by atoms with E-state index in [1.807, 2.05) is 26.0 Å². The molecule has 0 amide bonds. The molecular weight excluding hydrogens is 338 g/mol. The highest BCUT2D eigenvalue weighted by Crippen LogP contribution is 2.30. The zero-order chi connectivity index (χ0) is 14.8. The molecular formula is C15H22BrNO2S. The largest absolute Gasteiger partial charge is 0.243 e. The molecule has 1 aromatic rings. The number of aryl methyl sites for hydroxylation is 2. The first-order valence-electron chi connectivity index (χ1n) is 7.12. The molecule has 1 aromatic carbocycles.